The van der Waals surface area contributed by atoms with E-state index in [4.69, 9.17) is 9.90 Å². The molecule has 2 aromatic rings. The highest BCUT2D eigenvalue weighted by molar-refractivity contribution is 5.67. The summed E-state index contributed by atoms with van der Waals surface area (Å²) in [6.07, 6.45) is 7.25. The maximum atomic E-state index is 10.5. The third-order valence-corrected chi connectivity index (χ3v) is 1.18. The largest absolute Gasteiger partial charge is 0.479 e. The summed E-state index contributed by atoms with van der Waals surface area (Å²) in [5, 5.41) is 7.35. The zero-order valence-corrected chi connectivity index (χ0v) is 8.58. The predicted molar refractivity (Wildman–Crippen MR) is 58.6 cm³/mol. The first-order valence-electron chi connectivity index (χ1n) is 4.48. The van der Waals surface area contributed by atoms with Crippen LogP contribution < -0.4 is 0 Å². The number of nitrogens with zero attached hydrogens (tertiary/aromatic N) is 1. The van der Waals surface area contributed by atoms with Crippen LogP contribution in [-0.2, 0) is 4.79 Å². The zero-order chi connectivity index (χ0) is 12.1. The van der Waals surface area contributed by atoms with Gasteiger partial charge in [-0.05, 0) is 24.3 Å². The minimum Gasteiger partial charge on any atom is -0.479 e. The molecule has 2 heterocycles. The van der Waals surface area contributed by atoms with Gasteiger partial charge in [0.15, 0.2) is 6.67 Å². The van der Waals surface area contributed by atoms with Crippen molar-refractivity contribution in [3.8, 4) is 0 Å². The molecule has 0 aliphatic carbocycles. The van der Waals surface area contributed by atoms with E-state index in [-0.39, 0.29) is 0 Å². The Hall–Kier alpha value is -2.17. The van der Waals surface area contributed by atoms with Crippen LogP contribution in [0.25, 0.3) is 0 Å². The summed E-state index contributed by atoms with van der Waals surface area (Å²) in [5.74, 6) is -1.41. The second-order valence-corrected chi connectivity index (χ2v) is 2.44. The third kappa shape index (κ3) is 11.8. The molecule has 0 saturated heterocycles. The van der Waals surface area contributed by atoms with E-state index in [1.54, 1.807) is 12.4 Å². The Balaban J connectivity index is 0.000000213. The van der Waals surface area contributed by atoms with Gasteiger partial charge in [0.2, 0.25) is 0 Å². The summed E-state index contributed by atoms with van der Waals surface area (Å²) in [7, 11) is 0. The zero-order valence-electron chi connectivity index (χ0n) is 8.58. The van der Waals surface area contributed by atoms with Gasteiger partial charge in [0.1, 0.15) is 0 Å². The lowest BCUT2D eigenvalue weighted by Crippen LogP contribution is -1.93. The first-order chi connectivity index (χ1) is 7.77. The molecule has 0 bridgehead atoms. The Labute approximate surface area is 92.8 Å². The summed E-state index contributed by atoms with van der Waals surface area (Å²) in [4.78, 5) is 15.6. The number of aliphatic carboxylic acids is 1. The van der Waals surface area contributed by atoms with Crippen LogP contribution in [-0.4, -0.2) is 27.7 Å². The fraction of sp³-hybridized carbons (Fsp3) is 0.0909. The lowest BCUT2D eigenvalue weighted by molar-refractivity contribution is -0.137. The summed E-state index contributed by atoms with van der Waals surface area (Å²) in [6, 6.07) is 9.60. The summed E-state index contributed by atoms with van der Waals surface area (Å²) in [5.41, 5.74) is 0. The highest BCUT2D eigenvalue weighted by atomic mass is 19.1. The molecule has 16 heavy (non-hydrogen) atoms. The number of aromatic nitrogens is 2. The lowest BCUT2D eigenvalue weighted by Gasteiger charge is -1.70. The highest BCUT2D eigenvalue weighted by Crippen LogP contribution is 1.73. The minimum absolute atomic E-state index is 1.28. The van der Waals surface area contributed by atoms with E-state index in [0.717, 1.165) is 0 Å². The average Bonchev–Trinajstić information content (AvgIpc) is 2.91. The average molecular weight is 224 g/mol. The predicted octanol–water partition coefficient (Wildman–Crippen LogP) is 2.14. The van der Waals surface area contributed by atoms with Crippen molar-refractivity contribution in [1.82, 2.24) is 9.97 Å². The fourth-order valence-corrected chi connectivity index (χ4v) is 0.590. The molecule has 0 spiro atoms. The molecular weight excluding hydrogens is 211 g/mol. The highest BCUT2D eigenvalue weighted by Gasteiger charge is 1.85. The third-order valence-electron chi connectivity index (χ3n) is 1.18. The van der Waals surface area contributed by atoms with Gasteiger partial charge in [-0.15, -0.1) is 0 Å². The summed E-state index contributed by atoms with van der Waals surface area (Å²) < 4.78 is 10.5. The van der Waals surface area contributed by atoms with E-state index >= 15 is 0 Å². The summed E-state index contributed by atoms with van der Waals surface area (Å²) >= 11 is 0. The van der Waals surface area contributed by atoms with Crippen molar-refractivity contribution in [3.63, 3.8) is 0 Å². The minimum atomic E-state index is -1.41. The second-order valence-electron chi connectivity index (χ2n) is 2.44. The van der Waals surface area contributed by atoms with Crippen LogP contribution in [0.15, 0.2) is 55.1 Å². The van der Waals surface area contributed by atoms with Crippen molar-refractivity contribution in [3.05, 3.63) is 55.1 Å². The number of carboxylic acid groups (broad SMARTS) is 1. The van der Waals surface area contributed by atoms with Crippen molar-refractivity contribution in [2.45, 2.75) is 0 Å². The maximum absolute atomic E-state index is 10.5. The number of carbonyl (C=O) groups is 1. The van der Waals surface area contributed by atoms with Crippen LogP contribution in [0.5, 0.6) is 0 Å². The van der Waals surface area contributed by atoms with Crippen molar-refractivity contribution in [2.75, 3.05) is 6.67 Å². The molecule has 0 aliphatic rings. The van der Waals surface area contributed by atoms with Crippen LogP contribution in [0, 0.1) is 0 Å². The fourth-order valence-electron chi connectivity index (χ4n) is 0.590. The van der Waals surface area contributed by atoms with E-state index in [2.05, 4.69) is 9.97 Å². The van der Waals surface area contributed by atoms with E-state index in [1.807, 2.05) is 42.7 Å². The molecule has 4 nitrogen and oxygen atoms in total. The Morgan fingerprint density at radius 1 is 1.12 bits per heavy atom. The topological polar surface area (TPSA) is 66.0 Å². The van der Waals surface area contributed by atoms with Gasteiger partial charge >= 0.3 is 5.97 Å². The number of rotatable bonds is 1. The van der Waals surface area contributed by atoms with Crippen molar-refractivity contribution in [2.24, 2.45) is 0 Å². The maximum Gasteiger partial charge on any atom is 0.335 e. The normalized spacial score (nSPS) is 7.81. The Bertz CT molecular complexity index is 294. The van der Waals surface area contributed by atoms with Gasteiger partial charge in [0.05, 0.1) is 0 Å². The number of nitrogens with one attached hydrogen (secondary N) is 1. The first-order valence-corrected chi connectivity index (χ1v) is 4.48. The Kier molecular flexibility index (Phi) is 9.43. The van der Waals surface area contributed by atoms with Gasteiger partial charge in [0.25, 0.3) is 0 Å². The van der Waals surface area contributed by atoms with Gasteiger partial charge in [-0.25, -0.2) is 9.18 Å². The van der Waals surface area contributed by atoms with E-state index in [9.17, 15) is 4.39 Å². The molecule has 0 atom stereocenters. The van der Waals surface area contributed by atoms with Crippen LogP contribution >= 0.6 is 0 Å². The number of aromatic amines is 1. The number of halogens is 1. The van der Waals surface area contributed by atoms with Crippen molar-refractivity contribution in [1.29, 1.82) is 0 Å². The van der Waals surface area contributed by atoms with Gasteiger partial charge in [0, 0.05) is 24.8 Å². The van der Waals surface area contributed by atoms with Gasteiger partial charge in [-0.1, -0.05) is 6.07 Å². The van der Waals surface area contributed by atoms with Crippen LogP contribution in [0.2, 0.25) is 0 Å². The standard InChI is InChI=1S/C5H5N.C4H5N.C2H3FO2/c1-2-4-6-5-3-1;1-2-4-5-3-1;3-1-2(4)5/h1-5H;1-5H;1H2,(H,4,5). The number of hydrogen-bond acceptors (Lipinski definition) is 2. The number of alkyl halides is 1. The van der Waals surface area contributed by atoms with Gasteiger partial charge in [-0.3, -0.25) is 4.98 Å². The monoisotopic (exact) mass is 224 g/mol. The first kappa shape index (κ1) is 13.8. The van der Waals surface area contributed by atoms with E-state index in [0.29, 0.717) is 0 Å². The molecule has 2 aromatic heterocycles. The quantitative estimate of drug-likeness (QED) is 0.779. The molecule has 86 valence electrons. The smallest absolute Gasteiger partial charge is 0.335 e. The van der Waals surface area contributed by atoms with Gasteiger partial charge in [-0.2, -0.15) is 0 Å². The molecule has 2 N–H and O–H groups in total. The van der Waals surface area contributed by atoms with Crippen LogP contribution in [0.3, 0.4) is 0 Å². The molecule has 0 aliphatic heterocycles. The molecule has 2 rings (SSSR count). The number of H-pyrrole nitrogens is 1. The Morgan fingerprint density at radius 2 is 1.62 bits per heavy atom. The molecular formula is C11H13FN2O2. The number of carboxylic acids is 1. The molecule has 0 amide bonds. The number of hydrogen-bond donors (Lipinski definition) is 2. The van der Waals surface area contributed by atoms with E-state index in [1.165, 1.54) is 0 Å². The van der Waals surface area contributed by atoms with Crippen molar-refractivity contribution >= 4 is 5.97 Å². The molecule has 0 fully saturated rings. The van der Waals surface area contributed by atoms with E-state index < -0.39 is 12.6 Å². The number of pyridine rings is 1. The SMILES string of the molecule is O=C(O)CF.c1cc[nH]c1.c1ccncc1. The lowest BCUT2D eigenvalue weighted by atomic mass is 10.5. The van der Waals surface area contributed by atoms with Crippen LogP contribution in [0.1, 0.15) is 0 Å². The van der Waals surface area contributed by atoms with Crippen LogP contribution in [0.4, 0.5) is 4.39 Å². The second kappa shape index (κ2) is 10.9. The Morgan fingerprint density at radius 3 is 1.75 bits per heavy atom. The van der Waals surface area contributed by atoms with Crippen molar-refractivity contribution < 1.29 is 14.3 Å². The van der Waals surface area contributed by atoms with Gasteiger partial charge < -0.3 is 10.1 Å². The molecule has 5 heteroatoms. The summed E-state index contributed by atoms with van der Waals surface area (Å²) in [6.45, 7) is -1.28. The molecule has 0 radical (unpaired) electrons. The molecule has 0 unspecified atom stereocenters. The molecule has 0 aromatic carbocycles. The molecule has 0 saturated carbocycles.